The third-order valence-electron chi connectivity index (χ3n) is 4.31. The second kappa shape index (κ2) is 7.14. The minimum Gasteiger partial charge on any atom is -0.396 e. The normalized spacial score (nSPS) is 11.2. The summed E-state index contributed by atoms with van der Waals surface area (Å²) in [7, 11) is 0. The summed E-state index contributed by atoms with van der Waals surface area (Å²) in [4.78, 5) is 8.86. The van der Waals surface area contributed by atoms with E-state index in [2.05, 4.69) is 21.1 Å². The van der Waals surface area contributed by atoms with Gasteiger partial charge in [0.15, 0.2) is 5.49 Å². The van der Waals surface area contributed by atoms with E-state index < -0.39 is 0 Å². The summed E-state index contributed by atoms with van der Waals surface area (Å²) in [5.74, 6) is -0.0566. The highest BCUT2D eigenvalue weighted by atomic mass is 15.3. The van der Waals surface area contributed by atoms with E-state index in [1.54, 1.807) is 0 Å². The van der Waals surface area contributed by atoms with Crippen LogP contribution in [0, 0.1) is 22.7 Å². The number of nitrogen functional groups attached to an aromatic ring is 2. The van der Waals surface area contributed by atoms with Gasteiger partial charge in [-0.05, 0) is 24.3 Å². The number of pyridine rings is 1. The number of hydrogen-bond acceptors (Lipinski definition) is 7. The molecule has 0 radical (unpaired) electrons. The van der Waals surface area contributed by atoms with Gasteiger partial charge in [-0.25, -0.2) is 14.7 Å². The molecule has 29 heavy (non-hydrogen) atoms. The van der Waals surface area contributed by atoms with Crippen molar-refractivity contribution in [1.29, 1.82) is 10.5 Å². The number of hydrogen-bond donors (Lipinski definition) is 2. The van der Waals surface area contributed by atoms with Crippen molar-refractivity contribution in [2.75, 3.05) is 11.5 Å². The van der Waals surface area contributed by atoms with Gasteiger partial charge in [-0.2, -0.15) is 15.6 Å². The third-order valence-corrected chi connectivity index (χ3v) is 4.31. The summed E-state index contributed by atoms with van der Waals surface area (Å²) in [6.07, 6.45) is 0. The van der Waals surface area contributed by atoms with Gasteiger partial charge < -0.3 is 11.5 Å². The van der Waals surface area contributed by atoms with Gasteiger partial charge in [0.2, 0.25) is 0 Å². The highest BCUT2D eigenvalue weighted by molar-refractivity contribution is 5.94. The lowest BCUT2D eigenvalue weighted by atomic mass is 10.1. The fraction of sp³-hybridized carbons (Fsp3) is 0. The quantitative estimate of drug-likeness (QED) is 0.549. The molecule has 4 N–H and O–H groups in total. The lowest BCUT2D eigenvalue weighted by Crippen LogP contribution is -2.26. The van der Waals surface area contributed by atoms with Crippen LogP contribution in [0.2, 0.25) is 0 Å². The van der Waals surface area contributed by atoms with Crippen LogP contribution in [0.15, 0.2) is 65.7 Å². The number of anilines is 2. The zero-order valence-electron chi connectivity index (χ0n) is 15.1. The summed E-state index contributed by atoms with van der Waals surface area (Å²) < 4.78 is 1.52. The van der Waals surface area contributed by atoms with Crippen LogP contribution in [0.1, 0.15) is 11.1 Å². The first kappa shape index (κ1) is 17.7. The molecule has 0 aliphatic carbocycles. The first-order chi connectivity index (χ1) is 14.1. The molecule has 0 saturated carbocycles. The van der Waals surface area contributed by atoms with E-state index in [1.807, 2.05) is 66.7 Å². The molecule has 0 unspecified atom stereocenters. The summed E-state index contributed by atoms with van der Waals surface area (Å²) in [6, 6.07) is 22.5. The van der Waals surface area contributed by atoms with E-state index in [1.165, 1.54) is 4.68 Å². The van der Waals surface area contributed by atoms with Crippen molar-refractivity contribution in [3.8, 4) is 17.8 Å². The van der Waals surface area contributed by atoms with Crippen LogP contribution in [0.4, 0.5) is 17.2 Å². The largest absolute Gasteiger partial charge is 0.396 e. The van der Waals surface area contributed by atoms with E-state index in [4.69, 9.17) is 11.5 Å². The minimum absolute atomic E-state index is 0.0289. The molecule has 0 aliphatic heterocycles. The first-order valence-electron chi connectivity index (χ1n) is 8.61. The summed E-state index contributed by atoms with van der Waals surface area (Å²) in [5.41, 5.74) is 14.3. The first-order valence-corrected chi connectivity index (χ1v) is 8.61. The zero-order valence-corrected chi connectivity index (χ0v) is 15.1. The Labute approximate surface area is 165 Å². The number of rotatable bonds is 2. The summed E-state index contributed by atoms with van der Waals surface area (Å²) in [6.45, 7) is 0. The van der Waals surface area contributed by atoms with Crippen molar-refractivity contribution < 1.29 is 0 Å². The zero-order chi connectivity index (χ0) is 20.4. The molecule has 0 saturated heterocycles. The van der Waals surface area contributed by atoms with E-state index in [0.29, 0.717) is 11.4 Å². The lowest BCUT2D eigenvalue weighted by Gasteiger charge is -2.12. The fourth-order valence-corrected chi connectivity index (χ4v) is 2.95. The van der Waals surface area contributed by atoms with E-state index in [-0.39, 0.29) is 39.2 Å². The van der Waals surface area contributed by atoms with Crippen LogP contribution in [0.25, 0.3) is 16.7 Å². The highest BCUT2D eigenvalue weighted by Gasteiger charge is 2.19. The number of benzene rings is 2. The third kappa shape index (κ3) is 3.01. The molecule has 2 heterocycles. The van der Waals surface area contributed by atoms with Crippen molar-refractivity contribution >= 4 is 28.2 Å². The van der Waals surface area contributed by atoms with Gasteiger partial charge in [-0.15, -0.1) is 0 Å². The summed E-state index contributed by atoms with van der Waals surface area (Å²) >= 11 is 0. The molecule has 4 aromatic rings. The van der Waals surface area contributed by atoms with Crippen LogP contribution >= 0.6 is 0 Å². The smallest absolute Gasteiger partial charge is 0.174 e. The fourth-order valence-electron chi connectivity index (χ4n) is 2.95. The molecular weight excluding hydrogens is 364 g/mol. The second-order valence-electron chi connectivity index (χ2n) is 6.10. The van der Waals surface area contributed by atoms with Gasteiger partial charge in [0.25, 0.3) is 0 Å². The number of nitrogens with zero attached hydrogens (tertiary/aromatic N) is 6. The molecule has 2 aromatic heterocycles. The molecule has 0 atom stereocenters. The van der Waals surface area contributed by atoms with E-state index in [0.717, 1.165) is 0 Å². The average Bonchev–Trinajstić information content (AvgIpc) is 2.75. The Kier molecular flexibility index (Phi) is 4.36. The Morgan fingerprint density at radius 2 is 1.45 bits per heavy atom. The molecule has 8 nitrogen and oxygen atoms in total. The van der Waals surface area contributed by atoms with Crippen LogP contribution in [-0.2, 0) is 0 Å². The van der Waals surface area contributed by atoms with Gasteiger partial charge in [0.1, 0.15) is 40.1 Å². The minimum atomic E-state index is -0.0566. The highest BCUT2D eigenvalue weighted by Crippen LogP contribution is 2.26. The maximum Gasteiger partial charge on any atom is 0.174 e. The predicted molar refractivity (Wildman–Crippen MR) is 109 cm³/mol. The monoisotopic (exact) mass is 378 g/mol. The number of aromatic nitrogens is 3. The van der Waals surface area contributed by atoms with Crippen molar-refractivity contribution in [3.63, 3.8) is 0 Å². The van der Waals surface area contributed by atoms with Crippen molar-refractivity contribution in [2.24, 2.45) is 4.99 Å². The van der Waals surface area contributed by atoms with Crippen LogP contribution < -0.4 is 17.0 Å². The maximum absolute atomic E-state index is 9.94. The van der Waals surface area contributed by atoms with Gasteiger partial charge in [-0.1, -0.05) is 36.4 Å². The molecule has 0 bridgehead atoms. The number of nitrogens with two attached hydrogens (primary N) is 2. The molecule has 0 aliphatic rings. The maximum atomic E-state index is 9.94. The molecule has 138 valence electrons. The number of para-hydroxylation sites is 2. The SMILES string of the molecule is N#Cc1c(N)nc2c(C#N)c(=Nc3ccccc3)n(-c3ccccc3)nc2c1N. The Bertz CT molecular complexity index is 1370. The number of fused-ring (bicyclic) bond motifs is 1. The van der Waals surface area contributed by atoms with E-state index in [9.17, 15) is 10.5 Å². The summed E-state index contributed by atoms with van der Waals surface area (Å²) in [5, 5.41) is 23.9. The Balaban J connectivity index is 2.22. The molecule has 0 spiro atoms. The molecule has 0 fully saturated rings. The molecule has 2 aromatic carbocycles. The standard InChI is InChI=1S/C21H14N8/c22-11-15-17(24)19-18(27-20(15)25)16(12-23)21(26-13-7-3-1-4-8-13)29(28-19)14-9-5-2-6-10-14/h1-10H,24H2,(H2,25,27). The van der Waals surface area contributed by atoms with E-state index >= 15 is 0 Å². The molecular formula is C21H14N8. The van der Waals surface area contributed by atoms with Gasteiger partial charge >= 0.3 is 0 Å². The molecule has 4 rings (SSSR count). The van der Waals surface area contributed by atoms with Gasteiger partial charge in [0.05, 0.1) is 17.1 Å². The van der Waals surface area contributed by atoms with Crippen LogP contribution in [0.5, 0.6) is 0 Å². The Morgan fingerprint density at radius 1 is 0.828 bits per heavy atom. The van der Waals surface area contributed by atoms with Gasteiger partial charge in [-0.3, -0.25) is 0 Å². The van der Waals surface area contributed by atoms with Crippen molar-refractivity contribution in [1.82, 2.24) is 14.8 Å². The molecule has 0 amide bonds. The molecule has 8 heteroatoms. The number of nitriles is 2. The second-order valence-corrected chi connectivity index (χ2v) is 6.10. The van der Waals surface area contributed by atoms with Crippen molar-refractivity contribution in [2.45, 2.75) is 0 Å². The predicted octanol–water partition coefficient (Wildman–Crippen LogP) is 2.56. The average molecular weight is 378 g/mol. The van der Waals surface area contributed by atoms with Crippen molar-refractivity contribution in [3.05, 3.63) is 77.3 Å². The Hall–Kier alpha value is -4.69. The Morgan fingerprint density at radius 3 is 2.07 bits per heavy atom. The topological polar surface area (TPSA) is 143 Å². The van der Waals surface area contributed by atoms with Crippen LogP contribution in [-0.4, -0.2) is 14.8 Å². The lowest BCUT2D eigenvalue weighted by molar-refractivity contribution is 0.805. The van der Waals surface area contributed by atoms with Gasteiger partial charge in [0, 0.05) is 0 Å². The van der Waals surface area contributed by atoms with Crippen LogP contribution in [0.3, 0.4) is 0 Å².